The minimum atomic E-state index is -0.619. The number of rotatable bonds is 9. The minimum Gasteiger partial charge on any atom is -0.483 e. The van der Waals surface area contributed by atoms with Gasteiger partial charge in [-0.2, -0.15) is 0 Å². The number of carbonyl (C=O) groups excluding carboxylic acids is 2. The van der Waals surface area contributed by atoms with E-state index in [2.05, 4.69) is 42.0 Å². The van der Waals surface area contributed by atoms with Crippen molar-refractivity contribution in [1.82, 2.24) is 10.2 Å². The van der Waals surface area contributed by atoms with E-state index in [1.165, 1.54) is 5.56 Å². The fourth-order valence-electron chi connectivity index (χ4n) is 3.14. The Balaban J connectivity index is 2.16. The number of hydrogen-bond acceptors (Lipinski definition) is 3. The van der Waals surface area contributed by atoms with E-state index >= 15 is 0 Å². The molecule has 2 aromatic rings. The molecule has 2 atom stereocenters. The number of nitrogens with one attached hydrogen (secondary N) is 1. The van der Waals surface area contributed by atoms with Crippen LogP contribution in [0.2, 0.25) is 0 Å². The molecule has 0 saturated carbocycles. The Kier molecular flexibility index (Phi) is 9.32. The molecule has 32 heavy (non-hydrogen) atoms. The van der Waals surface area contributed by atoms with Crippen LogP contribution in [-0.4, -0.2) is 35.4 Å². The molecule has 2 aromatic carbocycles. The lowest BCUT2D eigenvalue weighted by atomic mass is 9.87. The molecular weight excluding hydrogens is 468 g/mol. The lowest BCUT2D eigenvalue weighted by Crippen LogP contribution is -2.50. The number of halogens is 1. The van der Waals surface area contributed by atoms with Gasteiger partial charge in [-0.05, 0) is 64.9 Å². The van der Waals surface area contributed by atoms with Gasteiger partial charge in [-0.1, -0.05) is 64.1 Å². The van der Waals surface area contributed by atoms with Crippen LogP contribution in [0, 0.1) is 0 Å². The maximum absolute atomic E-state index is 13.2. The summed E-state index contributed by atoms with van der Waals surface area (Å²) in [7, 11) is 0. The SMILES string of the molecule is CC[C@@H](C)NC(=O)[C@H](C)N(Cc1ccccc1)C(=O)COc1ccc(C(C)(C)C)cc1Br. The van der Waals surface area contributed by atoms with Crippen molar-refractivity contribution in [2.45, 2.75) is 72.0 Å². The molecule has 1 N–H and O–H groups in total. The van der Waals surface area contributed by atoms with Crippen molar-refractivity contribution in [3.63, 3.8) is 0 Å². The van der Waals surface area contributed by atoms with Gasteiger partial charge in [-0.3, -0.25) is 9.59 Å². The van der Waals surface area contributed by atoms with Crippen molar-refractivity contribution in [2.24, 2.45) is 0 Å². The third kappa shape index (κ3) is 7.37. The molecule has 0 spiro atoms. The van der Waals surface area contributed by atoms with Gasteiger partial charge in [-0.15, -0.1) is 0 Å². The predicted molar refractivity (Wildman–Crippen MR) is 133 cm³/mol. The zero-order valence-corrected chi connectivity index (χ0v) is 21.5. The van der Waals surface area contributed by atoms with Crippen LogP contribution in [0.4, 0.5) is 0 Å². The largest absolute Gasteiger partial charge is 0.483 e. The van der Waals surface area contributed by atoms with Crippen molar-refractivity contribution >= 4 is 27.7 Å². The van der Waals surface area contributed by atoms with Crippen LogP contribution < -0.4 is 10.1 Å². The molecule has 0 aliphatic heterocycles. The second-order valence-corrected chi connectivity index (χ2v) is 10.0. The summed E-state index contributed by atoms with van der Waals surface area (Å²) in [5.74, 6) is 0.189. The standard InChI is InChI=1S/C26H35BrN2O3/c1-7-18(2)28-25(31)19(3)29(16-20-11-9-8-10-12-20)24(30)17-32-23-14-13-21(15-22(23)27)26(4,5)6/h8-15,18-19H,7,16-17H2,1-6H3,(H,28,31)/t18-,19+/m1/s1. The van der Waals surface area contributed by atoms with Crippen LogP contribution in [-0.2, 0) is 21.5 Å². The summed E-state index contributed by atoms with van der Waals surface area (Å²) in [5.41, 5.74) is 2.14. The summed E-state index contributed by atoms with van der Waals surface area (Å²) < 4.78 is 6.65. The Morgan fingerprint density at radius 3 is 2.31 bits per heavy atom. The van der Waals surface area contributed by atoms with Crippen molar-refractivity contribution in [1.29, 1.82) is 0 Å². The molecular formula is C26H35BrN2O3. The number of benzene rings is 2. The highest BCUT2D eigenvalue weighted by atomic mass is 79.9. The van der Waals surface area contributed by atoms with Gasteiger partial charge in [0.25, 0.3) is 5.91 Å². The number of ether oxygens (including phenoxy) is 1. The first-order chi connectivity index (χ1) is 15.0. The van der Waals surface area contributed by atoms with E-state index in [1.54, 1.807) is 11.8 Å². The topological polar surface area (TPSA) is 58.6 Å². The monoisotopic (exact) mass is 502 g/mol. The molecule has 0 aliphatic rings. The average molecular weight is 503 g/mol. The van der Waals surface area contributed by atoms with Crippen LogP contribution in [0.5, 0.6) is 5.75 Å². The maximum atomic E-state index is 13.2. The second kappa shape index (κ2) is 11.5. The van der Waals surface area contributed by atoms with Crippen LogP contribution in [0.15, 0.2) is 53.0 Å². The van der Waals surface area contributed by atoms with E-state index in [0.29, 0.717) is 12.3 Å². The number of amides is 2. The molecule has 2 amide bonds. The molecule has 0 heterocycles. The first kappa shape index (κ1) is 25.9. The summed E-state index contributed by atoms with van der Waals surface area (Å²) in [6.07, 6.45) is 0.826. The van der Waals surface area contributed by atoms with E-state index in [1.807, 2.05) is 62.4 Å². The van der Waals surface area contributed by atoms with Gasteiger partial charge in [0.2, 0.25) is 5.91 Å². The summed E-state index contributed by atoms with van der Waals surface area (Å²) in [5, 5.41) is 2.97. The third-order valence-electron chi connectivity index (χ3n) is 5.51. The Hall–Kier alpha value is -2.34. The summed E-state index contributed by atoms with van der Waals surface area (Å²) >= 11 is 3.55. The Morgan fingerprint density at radius 1 is 1.09 bits per heavy atom. The summed E-state index contributed by atoms with van der Waals surface area (Å²) in [6, 6.07) is 15.0. The van der Waals surface area contributed by atoms with Crippen LogP contribution >= 0.6 is 15.9 Å². The van der Waals surface area contributed by atoms with Crippen LogP contribution in [0.3, 0.4) is 0 Å². The Labute approximate surface area is 200 Å². The third-order valence-corrected chi connectivity index (χ3v) is 6.13. The summed E-state index contributed by atoms with van der Waals surface area (Å²) in [6.45, 7) is 12.3. The quantitative estimate of drug-likeness (QED) is 0.495. The maximum Gasteiger partial charge on any atom is 0.261 e. The fourth-order valence-corrected chi connectivity index (χ4v) is 3.63. The highest BCUT2D eigenvalue weighted by Crippen LogP contribution is 2.31. The number of carbonyl (C=O) groups is 2. The van der Waals surface area contributed by atoms with Gasteiger partial charge in [-0.25, -0.2) is 0 Å². The molecule has 0 fully saturated rings. The Morgan fingerprint density at radius 2 is 1.75 bits per heavy atom. The first-order valence-corrected chi connectivity index (χ1v) is 11.9. The van der Waals surface area contributed by atoms with Gasteiger partial charge in [0.1, 0.15) is 11.8 Å². The minimum absolute atomic E-state index is 0.0156. The molecule has 2 rings (SSSR count). The first-order valence-electron chi connectivity index (χ1n) is 11.1. The van der Waals surface area contributed by atoms with E-state index < -0.39 is 6.04 Å². The van der Waals surface area contributed by atoms with Crippen LogP contribution in [0.25, 0.3) is 0 Å². The number of nitrogens with zero attached hydrogens (tertiary/aromatic N) is 1. The second-order valence-electron chi connectivity index (χ2n) is 9.18. The molecule has 0 saturated heterocycles. The van der Waals surface area contributed by atoms with E-state index in [0.717, 1.165) is 16.5 Å². The van der Waals surface area contributed by atoms with E-state index in [4.69, 9.17) is 4.74 Å². The van der Waals surface area contributed by atoms with Gasteiger partial charge in [0, 0.05) is 12.6 Å². The molecule has 0 bridgehead atoms. The van der Waals surface area contributed by atoms with Crippen LogP contribution in [0.1, 0.15) is 59.1 Å². The van der Waals surface area contributed by atoms with Gasteiger partial charge >= 0.3 is 0 Å². The highest BCUT2D eigenvalue weighted by molar-refractivity contribution is 9.10. The van der Waals surface area contributed by atoms with Crippen molar-refractivity contribution in [3.05, 3.63) is 64.1 Å². The van der Waals surface area contributed by atoms with E-state index in [9.17, 15) is 9.59 Å². The Bertz CT molecular complexity index is 909. The van der Waals surface area contributed by atoms with E-state index in [-0.39, 0.29) is 29.9 Å². The predicted octanol–water partition coefficient (Wildman–Crippen LogP) is 5.46. The van der Waals surface area contributed by atoms with Gasteiger partial charge in [0.15, 0.2) is 6.61 Å². The highest BCUT2D eigenvalue weighted by Gasteiger charge is 2.27. The van der Waals surface area contributed by atoms with Gasteiger partial charge < -0.3 is 15.0 Å². The average Bonchev–Trinajstić information content (AvgIpc) is 2.75. The van der Waals surface area contributed by atoms with Crippen molar-refractivity contribution in [2.75, 3.05) is 6.61 Å². The molecule has 0 aromatic heterocycles. The molecule has 5 nitrogen and oxygen atoms in total. The smallest absolute Gasteiger partial charge is 0.261 e. The normalized spacial score (nSPS) is 13.2. The summed E-state index contributed by atoms with van der Waals surface area (Å²) in [4.78, 5) is 27.5. The molecule has 174 valence electrons. The zero-order chi connectivity index (χ0) is 23.9. The van der Waals surface area contributed by atoms with Gasteiger partial charge in [0.05, 0.1) is 4.47 Å². The molecule has 0 aliphatic carbocycles. The fraction of sp³-hybridized carbons (Fsp3) is 0.462. The lowest BCUT2D eigenvalue weighted by molar-refractivity contribution is -0.142. The number of hydrogen-bond donors (Lipinski definition) is 1. The van der Waals surface area contributed by atoms with Crippen molar-refractivity contribution < 1.29 is 14.3 Å². The lowest BCUT2D eigenvalue weighted by Gasteiger charge is -2.29. The molecule has 0 radical (unpaired) electrons. The molecule has 6 heteroatoms. The molecule has 0 unspecified atom stereocenters. The zero-order valence-electron chi connectivity index (χ0n) is 19.9. The van der Waals surface area contributed by atoms with Crippen molar-refractivity contribution in [3.8, 4) is 5.75 Å².